The van der Waals surface area contributed by atoms with E-state index < -0.39 is 20.2 Å². The van der Waals surface area contributed by atoms with Crippen LogP contribution in [0.1, 0.15) is 63.8 Å². The van der Waals surface area contributed by atoms with Crippen molar-refractivity contribution >= 4 is 31.6 Å². The molecule has 88 heavy (non-hydrogen) atoms. The summed E-state index contributed by atoms with van der Waals surface area (Å²) in [4.78, 5) is 4.62. The Bertz CT molecular complexity index is 2530. The number of quaternary nitrogens is 2. The molecule has 500 valence electrons. The van der Waals surface area contributed by atoms with Crippen molar-refractivity contribution in [2.45, 2.75) is 79.0 Å². The van der Waals surface area contributed by atoms with E-state index in [1.54, 1.807) is 38.5 Å². The summed E-state index contributed by atoms with van der Waals surface area (Å²) in [5.74, 6) is 1.60. The number of methoxy groups -OCH3 is 2. The van der Waals surface area contributed by atoms with Gasteiger partial charge in [-0.2, -0.15) is 16.8 Å². The number of benzene rings is 4. The summed E-state index contributed by atoms with van der Waals surface area (Å²) < 4.78 is 119. The Morgan fingerprint density at radius 1 is 0.330 bits per heavy atom. The molecule has 0 aliphatic heterocycles. The third kappa shape index (κ3) is 29.6. The van der Waals surface area contributed by atoms with Crippen LogP contribution in [0.3, 0.4) is 0 Å². The lowest BCUT2D eigenvalue weighted by Gasteiger charge is -2.35. The summed E-state index contributed by atoms with van der Waals surface area (Å²) in [5, 5.41) is 0. The molecule has 0 heterocycles. The Kier molecular flexibility index (Phi) is 38.9. The highest BCUT2D eigenvalue weighted by Gasteiger charge is 2.22. The fourth-order valence-electron chi connectivity index (χ4n) is 9.54. The Labute approximate surface area is 529 Å². The van der Waals surface area contributed by atoms with Crippen molar-refractivity contribution in [2.75, 3.05) is 221 Å². The van der Waals surface area contributed by atoms with Gasteiger partial charge in [0.25, 0.3) is 20.2 Å². The maximum absolute atomic E-state index is 12.3. The number of rotatable bonds is 50. The number of hydrogen-bond acceptors (Lipinski definition) is 18. The molecule has 0 unspecified atom stereocenters. The van der Waals surface area contributed by atoms with Crippen LogP contribution in [0, 0.1) is 27.7 Å². The molecule has 0 aromatic heterocycles. The topological polar surface area (TPSA) is 186 Å². The summed E-state index contributed by atoms with van der Waals surface area (Å²) in [7, 11) is -4.30. The first kappa shape index (κ1) is 77.7. The maximum Gasteiger partial charge on any atom is 0.297 e. The number of nitrogens with zero attached hydrogens (tertiary/aromatic N) is 4. The monoisotopic (exact) mass is 1280 g/mol. The Morgan fingerprint density at radius 3 is 0.852 bits per heavy atom. The van der Waals surface area contributed by atoms with E-state index in [0.717, 1.165) is 127 Å². The molecule has 0 bridgehead atoms. The standard InChI is InChI=1S/C34H47NO11S2.C32H63N3O5/c1-28-5-10-31(11-6-28)47(36,37)45-25-23-43-21-19-41-17-15-35(33-27-30(3)9-14-34(33)40-4)16-18-42-20-22-44-24-26-46-48(38,39)32-12-7-29(2)8-13-32;1-9-34(10-2,11-3)19-23-39-27-25-37-21-17-33(31-29-30(7)15-16-32(31)36-8)18-22-38-26-28-40-24-20-35(12-4,13-5)14-6/h5-14,27H,15-26H2,1-4H3;15-16,29H,9-14,17-28H2,1-8H3/q;+2. The molecule has 0 saturated carbocycles. The lowest BCUT2D eigenvalue weighted by Crippen LogP contribution is -2.49. The molecular formula is C66H110N4O16S2+2. The van der Waals surface area contributed by atoms with Crippen molar-refractivity contribution in [3.8, 4) is 11.5 Å². The molecule has 4 aromatic rings. The molecule has 0 radical (unpaired) electrons. The van der Waals surface area contributed by atoms with E-state index in [0.29, 0.717) is 79.2 Å². The van der Waals surface area contributed by atoms with Gasteiger partial charge in [-0.25, -0.2) is 0 Å². The van der Waals surface area contributed by atoms with E-state index in [1.165, 1.54) is 29.8 Å². The van der Waals surface area contributed by atoms with Crippen LogP contribution in [0.5, 0.6) is 11.5 Å². The molecule has 0 aliphatic carbocycles. The second-order valence-electron chi connectivity index (χ2n) is 21.4. The van der Waals surface area contributed by atoms with Crippen molar-refractivity contribution in [3.63, 3.8) is 0 Å². The Morgan fingerprint density at radius 2 is 0.580 bits per heavy atom. The molecule has 0 fully saturated rings. The molecule has 0 spiro atoms. The van der Waals surface area contributed by atoms with Gasteiger partial charge in [0.15, 0.2) is 0 Å². The van der Waals surface area contributed by atoms with E-state index in [2.05, 4.69) is 70.4 Å². The second kappa shape index (κ2) is 44.1. The largest absolute Gasteiger partial charge is 0.495 e. The molecule has 4 rings (SSSR count). The first-order valence-electron chi connectivity index (χ1n) is 31.4. The average molecular weight is 1280 g/mol. The van der Waals surface area contributed by atoms with E-state index in [9.17, 15) is 16.8 Å². The summed E-state index contributed by atoms with van der Waals surface area (Å²) >= 11 is 0. The highest BCUT2D eigenvalue weighted by molar-refractivity contribution is 7.87. The van der Waals surface area contributed by atoms with E-state index in [-0.39, 0.29) is 49.4 Å². The number of ether oxygens (including phenoxy) is 10. The zero-order valence-corrected chi connectivity index (χ0v) is 57.1. The summed E-state index contributed by atoms with van der Waals surface area (Å²) in [6, 6.07) is 25.1. The molecule has 20 nitrogen and oxygen atoms in total. The van der Waals surface area contributed by atoms with Gasteiger partial charge in [0.05, 0.1) is 194 Å². The van der Waals surface area contributed by atoms with Crippen LogP contribution in [-0.2, 0) is 66.5 Å². The van der Waals surface area contributed by atoms with Crippen LogP contribution in [-0.4, -0.2) is 237 Å². The van der Waals surface area contributed by atoms with Crippen LogP contribution in [0.4, 0.5) is 11.4 Å². The van der Waals surface area contributed by atoms with Crippen LogP contribution >= 0.6 is 0 Å². The van der Waals surface area contributed by atoms with Crippen molar-refractivity contribution in [1.29, 1.82) is 0 Å². The molecule has 0 saturated heterocycles. The minimum Gasteiger partial charge on any atom is -0.495 e. The van der Waals surface area contributed by atoms with Gasteiger partial charge in [-0.3, -0.25) is 8.37 Å². The lowest BCUT2D eigenvalue weighted by atomic mass is 10.2. The quantitative estimate of drug-likeness (QED) is 0.0232. The normalized spacial score (nSPS) is 12.0. The molecular weight excluding hydrogens is 1170 g/mol. The molecule has 0 aliphatic rings. The smallest absolute Gasteiger partial charge is 0.297 e. The third-order valence-corrected chi connectivity index (χ3v) is 18.5. The Hall–Kier alpha value is -4.50. The van der Waals surface area contributed by atoms with Crippen LogP contribution in [0.2, 0.25) is 0 Å². The van der Waals surface area contributed by atoms with Gasteiger partial charge >= 0.3 is 0 Å². The van der Waals surface area contributed by atoms with Gasteiger partial charge in [0.1, 0.15) is 24.6 Å². The summed E-state index contributed by atoms with van der Waals surface area (Å²) in [5.41, 5.74) is 6.19. The zero-order valence-electron chi connectivity index (χ0n) is 55.4. The van der Waals surface area contributed by atoms with Crippen molar-refractivity contribution in [2.24, 2.45) is 0 Å². The third-order valence-electron chi connectivity index (χ3n) is 15.9. The Balaban J connectivity index is 0.000000469. The van der Waals surface area contributed by atoms with E-state index >= 15 is 0 Å². The first-order chi connectivity index (χ1) is 42.4. The molecule has 0 N–H and O–H groups in total. The SMILES string of the molecule is CC[N+](CC)(CC)CCOCCOCCN(CCOCCOCC[N+](CC)(CC)CC)c1cc(C)ccc1OC.COc1ccc(C)cc1N(CCOCCOCCOS(=O)(=O)c1ccc(C)cc1)CCOCCOCCOS(=O)(=O)c1ccc(C)cc1. The van der Waals surface area contributed by atoms with Gasteiger partial charge in [0.2, 0.25) is 0 Å². The maximum atomic E-state index is 12.3. The van der Waals surface area contributed by atoms with Gasteiger partial charge in [-0.15, -0.1) is 0 Å². The average Bonchev–Trinajstić information content (AvgIpc) is 3.66. The predicted octanol–water partition coefficient (Wildman–Crippen LogP) is 8.93. The van der Waals surface area contributed by atoms with Crippen molar-refractivity contribution in [3.05, 3.63) is 107 Å². The molecule has 0 amide bonds. The second-order valence-corrected chi connectivity index (χ2v) is 24.7. The molecule has 22 heteroatoms. The predicted molar refractivity (Wildman–Crippen MR) is 349 cm³/mol. The van der Waals surface area contributed by atoms with Gasteiger partial charge in [0, 0.05) is 26.2 Å². The number of aryl methyl sites for hydroxylation is 4. The van der Waals surface area contributed by atoms with Gasteiger partial charge < -0.3 is 66.1 Å². The molecule has 0 atom stereocenters. The highest BCUT2D eigenvalue weighted by atomic mass is 32.2. The fourth-order valence-corrected chi connectivity index (χ4v) is 11.3. The minimum absolute atomic E-state index is 0.0914. The van der Waals surface area contributed by atoms with Crippen molar-refractivity contribution < 1.29 is 81.5 Å². The lowest BCUT2D eigenvalue weighted by molar-refractivity contribution is -0.923. The van der Waals surface area contributed by atoms with Crippen LogP contribution in [0.15, 0.2) is 94.7 Å². The molecule has 4 aromatic carbocycles. The summed E-state index contributed by atoms with van der Waals surface area (Å²) in [6.45, 7) is 40.5. The number of anilines is 2. The fraction of sp³-hybridized carbons (Fsp3) is 0.636. The van der Waals surface area contributed by atoms with Crippen LogP contribution < -0.4 is 19.3 Å². The zero-order chi connectivity index (χ0) is 64.5. The van der Waals surface area contributed by atoms with Gasteiger partial charge in [-0.1, -0.05) is 47.5 Å². The van der Waals surface area contributed by atoms with E-state index in [4.69, 9.17) is 55.7 Å². The van der Waals surface area contributed by atoms with Crippen LogP contribution in [0.25, 0.3) is 0 Å². The highest BCUT2D eigenvalue weighted by Crippen LogP contribution is 2.30. The minimum atomic E-state index is -3.82. The van der Waals surface area contributed by atoms with E-state index in [1.807, 2.05) is 45.0 Å². The number of likely N-dealkylation sites (N-methyl/N-ethyl adjacent to an activating group) is 2. The first-order valence-corrected chi connectivity index (χ1v) is 34.2. The number of hydrogen-bond donors (Lipinski definition) is 0. The van der Waals surface area contributed by atoms with Crippen molar-refractivity contribution in [1.82, 2.24) is 0 Å². The van der Waals surface area contributed by atoms with Gasteiger partial charge in [-0.05, 0) is 129 Å². The summed E-state index contributed by atoms with van der Waals surface area (Å²) in [6.07, 6.45) is 0.